The molecule has 0 radical (unpaired) electrons. The fourth-order valence-electron chi connectivity index (χ4n) is 1.93. The lowest BCUT2D eigenvalue weighted by molar-refractivity contribution is 0.462. The van der Waals surface area contributed by atoms with Crippen LogP contribution in [0.3, 0.4) is 0 Å². The summed E-state index contributed by atoms with van der Waals surface area (Å²) in [6.45, 7) is 4.11. The van der Waals surface area contributed by atoms with Crippen LogP contribution in [0.15, 0.2) is 17.5 Å². The Hall–Kier alpha value is -0.390. The van der Waals surface area contributed by atoms with Gasteiger partial charge in [0.05, 0.1) is 16.5 Å². The molecule has 3 nitrogen and oxygen atoms in total. The normalized spacial score (nSPS) is 35.2. The van der Waals surface area contributed by atoms with E-state index in [9.17, 15) is 8.42 Å². The molecule has 0 amide bonds. The topological polar surface area (TPSA) is 46.2 Å². The molecule has 0 aliphatic carbocycles. The Morgan fingerprint density at radius 2 is 2.20 bits per heavy atom. The minimum atomic E-state index is -2.97. The number of hydrogen-bond donors (Lipinski definition) is 1. The fourth-order valence-corrected chi connectivity index (χ4v) is 4.61. The summed E-state index contributed by atoms with van der Waals surface area (Å²) in [6, 6.07) is 3.91. The Kier molecular flexibility index (Phi) is 2.87. The van der Waals surface area contributed by atoms with Gasteiger partial charge in [0.2, 0.25) is 0 Å². The Balaban J connectivity index is 2.31. The monoisotopic (exact) mass is 245 g/mol. The molecule has 0 saturated carbocycles. The third kappa shape index (κ3) is 1.84. The van der Waals surface area contributed by atoms with Crippen LogP contribution in [0.25, 0.3) is 0 Å². The molecule has 3 unspecified atom stereocenters. The van der Waals surface area contributed by atoms with Crippen LogP contribution < -0.4 is 5.32 Å². The summed E-state index contributed by atoms with van der Waals surface area (Å²) in [5.74, 6) is 0. The van der Waals surface area contributed by atoms with E-state index in [0.717, 1.165) is 4.88 Å². The predicted octanol–water partition coefficient (Wildman–Crippen LogP) is 1.58. The van der Waals surface area contributed by atoms with E-state index >= 15 is 0 Å². The first-order valence-corrected chi connectivity index (χ1v) is 7.52. The van der Waals surface area contributed by atoms with E-state index in [2.05, 4.69) is 5.32 Å². The zero-order valence-corrected chi connectivity index (χ0v) is 10.4. The smallest absolute Gasteiger partial charge is 0.158 e. The van der Waals surface area contributed by atoms with Gasteiger partial charge in [0.25, 0.3) is 0 Å². The van der Waals surface area contributed by atoms with Gasteiger partial charge in [0, 0.05) is 11.4 Å². The van der Waals surface area contributed by atoms with Crippen molar-refractivity contribution in [3.05, 3.63) is 22.4 Å². The van der Waals surface area contributed by atoms with Crippen molar-refractivity contribution in [2.45, 2.75) is 30.4 Å². The lowest BCUT2D eigenvalue weighted by Crippen LogP contribution is -2.49. The third-order valence-corrected chi connectivity index (χ3v) is 6.58. The van der Waals surface area contributed by atoms with Gasteiger partial charge >= 0.3 is 0 Å². The maximum Gasteiger partial charge on any atom is 0.158 e. The standard InChI is InChI=1S/C10H15NO2S2/c1-7-6-11-10(8(2)15(7,12)13)9-4-3-5-14-9/h3-5,7-8,10-11H,6H2,1-2H3. The summed E-state index contributed by atoms with van der Waals surface area (Å²) in [5.41, 5.74) is 0. The van der Waals surface area contributed by atoms with Gasteiger partial charge in [0.1, 0.15) is 0 Å². The van der Waals surface area contributed by atoms with Crippen molar-refractivity contribution in [2.24, 2.45) is 0 Å². The van der Waals surface area contributed by atoms with E-state index in [1.165, 1.54) is 0 Å². The molecular formula is C10H15NO2S2. The van der Waals surface area contributed by atoms with Crippen LogP contribution >= 0.6 is 11.3 Å². The highest BCUT2D eigenvalue weighted by Gasteiger charge is 2.39. The van der Waals surface area contributed by atoms with E-state index in [4.69, 9.17) is 0 Å². The number of hydrogen-bond acceptors (Lipinski definition) is 4. The van der Waals surface area contributed by atoms with Crippen LogP contribution in [0.5, 0.6) is 0 Å². The van der Waals surface area contributed by atoms with E-state index in [0.29, 0.717) is 6.54 Å². The third-order valence-electron chi connectivity index (χ3n) is 3.02. The molecule has 1 aliphatic rings. The van der Waals surface area contributed by atoms with Crippen molar-refractivity contribution in [3.8, 4) is 0 Å². The molecule has 1 fully saturated rings. The molecule has 15 heavy (non-hydrogen) atoms. The van der Waals surface area contributed by atoms with Gasteiger partial charge in [-0.2, -0.15) is 0 Å². The number of thiophene rings is 1. The highest BCUT2D eigenvalue weighted by Crippen LogP contribution is 2.30. The largest absolute Gasteiger partial charge is 0.307 e. The zero-order chi connectivity index (χ0) is 11.1. The number of rotatable bonds is 1. The summed E-state index contributed by atoms with van der Waals surface area (Å²) in [6.07, 6.45) is 0. The Bertz CT molecular complexity index is 424. The second-order valence-electron chi connectivity index (χ2n) is 4.01. The highest BCUT2D eigenvalue weighted by atomic mass is 32.2. The molecule has 1 aromatic heterocycles. The zero-order valence-electron chi connectivity index (χ0n) is 8.80. The molecule has 2 heterocycles. The van der Waals surface area contributed by atoms with Crippen molar-refractivity contribution in [2.75, 3.05) is 6.54 Å². The molecule has 1 aliphatic heterocycles. The number of nitrogens with one attached hydrogen (secondary N) is 1. The molecule has 3 atom stereocenters. The quantitative estimate of drug-likeness (QED) is 0.817. The molecule has 0 bridgehead atoms. The van der Waals surface area contributed by atoms with E-state index in [1.807, 2.05) is 17.5 Å². The van der Waals surface area contributed by atoms with Gasteiger partial charge < -0.3 is 5.32 Å². The van der Waals surface area contributed by atoms with Crippen molar-refractivity contribution >= 4 is 21.2 Å². The molecule has 1 aromatic rings. The lowest BCUT2D eigenvalue weighted by Gasteiger charge is -2.33. The van der Waals surface area contributed by atoms with Crippen LogP contribution in [0.1, 0.15) is 24.8 Å². The van der Waals surface area contributed by atoms with Crippen LogP contribution in [0.2, 0.25) is 0 Å². The van der Waals surface area contributed by atoms with Crippen molar-refractivity contribution in [1.82, 2.24) is 5.32 Å². The first-order valence-electron chi connectivity index (χ1n) is 5.03. The maximum absolute atomic E-state index is 12.0. The molecule has 84 valence electrons. The van der Waals surface area contributed by atoms with Crippen LogP contribution in [0.4, 0.5) is 0 Å². The van der Waals surface area contributed by atoms with Crippen molar-refractivity contribution in [3.63, 3.8) is 0 Å². The van der Waals surface area contributed by atoms with E-state index < -0.39 is 9.84 Å². The predicted molar refractivity (Wildman–Crippen MR) is 62.9 cm³/mol. The molecule has 1 N–H and O–H groups in total. The average Bonchev–Trinajstić information content (AvgIpc) is 2.68. The van der Waals surface area contributed by atoms with Gasteiger partial charge in [0.15, 0.2) is 9.84 Å². The van der Waals surface area contributed by atoms with Gasteiger partial charge in [-0.15, -0.1) is 11.3 Å². The summed E-state index contributed by atoms with van der Waals surface area (Å²) in [4.78, 5) is 1.11. The summed E-state index contributed by atoms with van der Waals surface area (Å²) >= 11 is 1.61. The van der Waals surface area contributed by atoms with E-state index in [-0.39, 0.29) is 16.5 Å². The van der Waals surface area contributed by atoms with Gasteiger partial charge in [-0.1, -0.05) is 6.07 Å². The minimum absolute atomic E-state index is 0.0359. The first kappa shape index (κ1) is 11.1. The molecular weight excluding hydrogens is 230 g/mol. The van der Waals surface area contributed by atoms with Gasteiger partial charge in [-0.3, -0.25) is 0 Å². The summed E-state index contributed by atoms with van der Waals surface area (Å²) < 4.78 is 24.0. The van der Waals surface area contributed by atoms with E-state index in [1.54, 1.807) is 25.2 Å². The average molecular weight is 245 g/mol. The van der Waals surface area contributed by atoms with Gasteiger partial charge in [-0.05, 0) is 25.3 Å². The lowest BCUT2D eigenvalue weighted by atomic mass is 10.1. The van der Waals surface area contributed by atoms with Crippen LogP contribution in [0, 0.1) is 0 Å². The highest BCUT2D eigenvalue weighted by molar-refractivity contribution is 7.92. The second kappa shape index (κ2) is 3.88. The van der Waals surface area contributed by atoms with Crippen molar-refractivity contribution in [1.29, 1.82) is 0 Å². The fraction of sp³-hybridized carbons (Fsp3) is 0.600. The Labute approximate surface area is 94.4 Å². The summed E-state index contributed by atoms with van der Waals surface area (Å²) in [7, 11) is -2.97. The maximum atomic E-state index is 12.0. The first-order chi connectivity index (χ1) is 7.03. The Morgan fingerprint density at radius 3 is 2.80 bits per heavy atom. The van der Waals surface area contributed by atoms with Crippen LogP contribution in [-0.4, -0.2) is 25.5 Å². The molecule has 5 heteroatoms. The molecule has 0 aromatic carbocycles. The van der Waals surface area contributed by atoms with Crippen LogP contribution in [-0.2, 0) is 9.84 Å². The molecule has 2 rings (SSSR count). The molecule has 1 saturated heterocycles. The Morgan fingerprint density at radius 1 is 1.47 bits per heavy atom. The summed E-state index contributed by atoms with van der Waals surface area (Å²) in [5, 5.41) is 4.68. The van der Waals surface area contributed by atoms with Gasteiger partial charge in [-0.25, -0.2) is 8.42 Å². The minimum Gasteiger partial charge on any atom is -0.307 e. The second-order valence-corrected chi connectivity index (χ2v) is 7.71. The SMILES string of the molecule is CC1CNC(c2cccs2)C(C)S1(=O)=O. The van der Waals surface area contributed by atoms with Crippen molar-refractivity contribution < 1.29 is 8.42 Å². The number of sulfone groups is 1. The molecule has 0 spiro atoms.